The molecule has 0 aromatic rings. The summed E-state index contributed by atoms with van der Waals surface area (Å²) in [7, 11) is 0. The molecule has 5 nitrogen and oxygen atoms in total. The molecule has 1 saturated carbocycles. The Labute approximate surface area is 88.4 Å². The van der Waals surface area contributed by atoms with Gasteiger partial charge in [0.2, 0.25) is 5.91 Å². The van der Waals surface area contributed by atoms with E-state index in [-0.39, 0.29) is 11.3 Å². The van der Waals surface area contributed by atoms with E-state index in [1.807, 2.05) is 6.92 Å². The number of likely N-dealkylation sites (tertiary alicyclic amines) is 1. The predicted molar refractivity (Wildman–Crippen MR) is 52.0 cm³/mol. The molecule has 1 unspecified atom stereocenters. The minimum atomic E-state index is -0.472. The first-order valence-corrected chi connectivity index (χ1v) is 5.33. The molecular formula is C10H16N2O3. The molecule has 1 heterocycles. The van der Waals surface area contributed by atoms with Crippen LogP contribution in [0.3, 0.4) is 0 Å². The molecule has 84 valence electrons. The van der Waals surface area contributed by atoms with Gasteiger partial charge >= 0.3 is 0 Å². The highest BCUT2D eigenvalue weighted by Gasteiger charge is 2.50. The zero-order valence-corrected chi connectivity index (χ0v) is 8.82. The van der Waals surface area contributed by atoms with Crippen molar-refractivity contribution in [2.45, 2.75) is 38.6 Å². The Hall–Kier alpha value is -1.10. The van der Waals surface area contributed by atoms with E-state index in [0.717, 1.165) is 19.3 Å². The van der Waals surface area contributed by atoms with Gasteiger partial charge in [-0.25, -0.2) is 5.48 Å². The number of carbonyl (C=O) groups is 2. The van der Waals surface area contributed by atoms with Gasteiger partial charge < -0.3 is 4.90 Å². The average molecular weight is 212 g/mol. The van der Waals surface area contributed by atoms with Crippen molar-refractivity contribution in [1.29, 1.82) is 0 Å². The monoisotopic (exact) mass is 212 g/mol. The van der Waals surface area contributed by atoms with Gasteiger partial charge in [-0.1, -0.05) is 6.92 Å². The van der Waals surface area contributed by atoms with E-state index in [1.165, 1.54) is 0 Å². The van der Waals surface area contributed by atoms with Crippen LogP contribution in [-0.2, 0) is 9.59 Å². The van der Waals surface area contributed by atoms with E-state index in [2.05, 4.69) is 0 Å². The summed E-state index contributed by atoms with van der Waals surface area (Å²) < 4.78 is 0. The number of carbonyl (C=O) groups excluding carboxylic acids is 2. The fourth-order valence-electron chi connectivity index (χ4n) is 2.10. The highest BCUT2D eigenvalue weighted by atomic mass is 16.5. The Bertz CT molecular complexity index is 299. The smallest absolute Gasteiger partial charge is 0.266 e. The first kappa shape index (κ1) is 10.4. The summed E-state index contributed by atoms with van der Waals surface area (Å²) in [4.78, 5) is 25.0. The van der Waals surface area contributed by atoms with Crippen LogP contribution in [0.1, 0.15) is 32.6 Å². The third-order valence-electron chi connectivity index (χ3n) is 3.44. The lowest BCUT2D eigenvalue weighted by atomic mass is 10.1. The average Bonchev–Trinajstić information content (AvgIpc) is 2.83. The standard InChI is InChI=1S/C10H16N2O3/c1-10(4-5-10)9(14)12-6-2-3-7(12)8(13)11-15/h7,15H,2-6H2,1H3,(H,11,13). The van der Waals surface area contributed by atoms with Gasteiger partial charge in [0, 0.05) is 12.0 Å². The van der Waals surface area contributed by atoms with Crippen LogP contribution >= 0.6 is 0 Å². The molecule has 15 heavy (non-hydrogen) atoms. The van der Waals surface area contributed by atoms with E-state index < -0.39 is 11.9 Å². The molecule has 1 atom stereocenters. The number of nitrogens with one attached hydrogen (secondary N) is 1. The van der Waals surface area contributed by atoms with Crippen molar-refractivity contribution < 1.29 is 14.8 Å². The largest absolute Gasteiger partial charge is 0.330 e. The van der Waals surface area contributed by atoms with Gasteiger partial charge in [-0.15, -0.1) is 0 Å². The van der Waals surface area contributed by atoms with E-state index in [0.29, 0.717) is 13.0 Å². The molecule has 0 spiro atoms. The Morgan fingerprint density at radius 2 is 2.13 bits per heavy atom. The lowest BCUT2D eigenvalue weighted by molar-refractivity contribution is -0.145. The molecule has 2 amide bonds. The van der Waals surface area contributed by atoms with E-state index in [1.54, 1.807) is 10.4 Å². The maximum atomic E-state index is 12.0. The van der Waals surface area contributed by atoms with Crippen LogP contribution in [0.2, 0.25) is 0 Å². The van der Waals surface area contributed by atoms with Crippen LogP contribution in [0, 0.1) is 5.41 Å². The van der Waals surface area contributed by atoms with Crippen LogP contribution < -0.4 is 5.48 Å². The van der Waals surface area contributed by atoms with Crippen LogP contribution in [0.5, 0.6) is 0 Å². The molecule has 0 aromatic heterocycles. The van der Waals surface area contributed by atoms with Crippen LogP contribution in [-0.4, -0.2) is 34.5 Å². The van der Waals surface area contributed by atoms with Crippen molar-refractivity contribution in [3.05, 3.63) is 0 Å². The van der Waals surface area contributed by atoms with Crippen molar-refractivity contribution in [1.82, 2.24) is 10.4 Å². The van der Waals surface area contributed by atoms with E-state index in [4.69, 9.17) is 5.21 Å². The summed E-state index contributed by atoms with van der Waals surface area (Å²) in [6, 6.07) is -0.472. The number of amides is 2. The number of nitrogens with zero attached hydrogens (tertiary/aromatic N) is 1. The van der Waals surface area contributed by atoms with Crippen LogP contribution in [0.25, 0.3) is 0 Å². The molecule has 1 saturated heterocycles. The second-order valence-electron chi connectivity index (χ2n) is 4.69. The number of hydroxylamine groups is 1. The fraction of sp³-hybridized carbons (Fsp3) is 0.800. The Morgan fingerprint density at radius 1 is 1.47 bits per heavy atom. The molecule has 0 bridgehead atoms. The molecule has 0 aromatic carbocycles. The van der Waals surface area contributed by atoms with Gasteiger partial charge in [-0.3, -0.25) is 14.8 Å². The van der Waals surface area contributed by atoms with Crippen molar-refractivity contribution >= 4 is 11.8 Å². The van der Waals surface area contributed by atoms with Crippen molar-refractivity contribution in [3.8, 4) is 0 Å². The molecule has 2 aliphatic rings. The molecule has 5 heteroatoms. The number of hydrogen-bond acceptors (Lipinski definition) is 3. The molecule has 1 aliphatic heterocycles. The quantitative estimate of drug-likeness (QED) is 0.510. The summed E-state index contributed by atoms with van der Waals surface area (Å²) in [5.74, 6) is -0.404. The molecule has 2 N–H and O–H groups in total. The van der Waals surface area contributed by atoms with Gasteiger partial charge in [0.05, 0.1) is 0 Å². The van der Waals surface area contributed by atoms with Gasteiger partial charge in [-0.05, 0) is 25.7 Å². The topological polar surface area (TPSA) is 69.6 Å². The zero-order valence-electron chi connectivity index (χ0n) is 8.82. The fourth-order valence-corrected chi connectivity index (χ4v) is 2.10. The summed E-state index contributed by atoms with van der Waals surface area (Å²) >= 11 is 0. The molecule has 2 rings (SSSR count). The predicted octanol–water partition coefficient (Wildman–Crippen LogP) is 0.283. The number of hydrogen-bond donors (Lipinski definition) is 2. The lowest BCUT2D eigenvalue weighted by Gasteiger charge is -2.25. The Kier molecular flexibility index (Phi) is 2.42. The van der Waals surface area contributed by atoms with E-state index in [9.17, 15) is 9.59 Å². The Balaban J connectivity index is 2.07. The second kappa shape index (κ2) is 3.48. The van der Waals surface area contributed by atoms with Crippen LogP contribution in [0.15, 0.2) is 0 Å². The third kappa shape index (κ3) is 1.71. The third-order valence-corrected chi connectivity index (χ3v) is 3.44. The minimum absolute atomic E-state index is 0.0635. The van der Waals surface area contributed by atoms with Crippen molar-refractivity contribution in [2.24, 2.45) is 5.41 Å². The summed E-state index contributed by atoms with van der Waals surface area (Å²) in [5, 5.41) is 8.58. The maximum absolute atomic E-state index is 12.0. The van der Waals surface area contributed by atoms with Crippen LogP contribution in [0.4, 0.5) is 0 Å². The maximum Gasteiger partial charge on any atom is 0.266 e. The highest BCUT2D eigenvalue weighted by molar-refractivity contribution is 5.91. The summed E-state index contributed by atoms with van der Waals surface area (Å²) in [5.41, 5.74) is 1.39. The zero-order chi connectivity index (χ0) is 11.1. The normalized spacial score (nSPS) is 27.6. The van der Waals surface area contributed by atoms with E-state index >= 15 is 0 Å². The van der Waals surface area contributed by atoms with Crippen molar-refractivity contribution in [2.75, 3.05) is 6.54 Å². The SMILES string of the molecule is CC1(C(=O)N2CCCC2C(=O)NO)CC1. The Morgan fingerprint density at radius 3 is 2.67 bits per heavy atom. The van der Waals surface area contributed by atoms with Gasteiger partial charge in [0.1, 0.15) is 6.04 Å². The molecule has 0 radical (unpaired) electrons. The molecular weight excluding hydrogens is 196 g/mol. The molecule has 1 aliphatic carbocycles. The van der Waals surface area contributed by atoms with Gasteiger partial charge in [0.15, 0.2) is 0 Å². The van der Waals surface area contributed by atoms with Gasteiger partial charge in [0.25, 0.3) is 5.91 Å². The first-order valence-electron chi connectivity index (χ1n) is 5.33. The molecule has 2 fully saturated rings. The lowest BCUT2D eigenvalue weighted by Crippen LogP contribution is -2.47. The highest BCUT2D eigenvalue weighted by Crippen LogP contribution is 2.47. The second-order valence-corrected chi connectivity index (χ2v) is 4.69. The number of rotatable bonds is 2. The van der Waals surface area contributed by atoms with Crippen molar-refractivity contribution in [3.63, 3.8) is 0 Å². The summed E-state index contributed by atoms with van der Waals surface area (Å²) in [6.07, 6.45) is 3.31. The minimum Gasteiger partial charge on any atom is -0.330 e. The summed E-state index contributed by atoms with van der Waals surface area (Å²) in [6.45, 7) is 2.56. The van der Waals surface area contributed by atoms with Gasteiger partial charge in [-0.2, -0.15) is 0 Å². The first-order chi connectivity index (χ1) is 7.08.